The first-order chi connectivity index (χ1) is 18.7. The lowest BCUT2D eigenvalue weighted by Gasteiger charge is -2.32. The molecule has 1 aliphatic rings. The second-order valence-electron chi connectivity index (χ2n) is 10.2. The van der Waals surface area contributed by atoms with E-state index < -0.39 is 5.97 Å². The number of unbranched alkanes of at least 4 members (excludes halogenated alkanes) is 1. The van der Waals surface area contributed by atoms with Gasteiger partial charge in [0.1, 0.15) is 6.54 Å². The number of anilines is 1. The van der Waals surface area contributed by atoms with Crippen molar-refractivity contribution in [1.82, 2.24) is 10.4 Å². The van der Waals surface area contributed by atoms with Crippen molar-refractivity contribution >= 4 is 23.4 Å². The molecule has 1 fully saturated rings. The molecule has 0 aliphatic carbocycles. The number of rotatable bonds is 11. The average molecular weight is 539 g/mol. The smallest absolute Gasteiger partial charge is 0.323 e. The van der Waals surface area contributed by atoms with Crippen molar-refractivity contribution in [2.75, 3.05) is 24.5 Å². The number of carbonyl (C=O) groups excluding carboxylic acids is 1. The Bertz CT molecular complexity index is 1080. The molecule has 0 saturated carbocycles. The zero-order valence-electron chi connectivity index (χ0n) is 23.9. The number of aliphatic carboxylic acids is 1. The van der Waals surface area contributed by atoms with Gasteiger partial charge in [0.2, 0.25) is 5.91 Å². The van der Waals surface area contributed by atoms with Gasteiger partial charge in [-0.1, -0.05) is 64.8 Å². The number of carboxylic acids is 1. The molecule has 1 amide bonds. The molecule has 0 spiro atoms. The van der Waals surface area contributed by atoms with Crippen molar-refractivity contribution in [2.24, 2.45) is 22.6 Å². The number of nitrogens with two attached hydrogens (primary N) is 2. The number of amidine groups is 1. The quantitative estimate of drug-likeness (QED) is 0.141. The Morgan fingerprint density at radius 1 is 1.10 bits per heavy atom. The van der Waals surface area contributed by atoms with Gasteiger partial charge in [0.15, 0.2) is 5.84 Å². The Morgan fingerprint density at radius 3 is 2.31 bits per heavy atom. The SMILES string of the molecule is CCC.CCCCC(=O)N(CC(=O)O)Cc1ccc(-c2cc(N3CCC(C)CC3)ccc2/C(N)=N/NN)cc1. The van der Waals surface area contributed by atoms with Crippen LogP contribution in [0.25, 0.3) is 11.1 Å². The molecule has 2 aromatic rings. The lowest BCUT2D eigenvalue weighted by molar-refractivity contribution is -0.144. The van der Waals surface area contributed by atoms with E-state index in [9.17, 15) is 14.7 Å². The zero-order chi connectivity index (χ0) is 28.8. The van der Waals surface area contributed by atoms with Gasteiger partial charge in [0.25, 0.3) is 0 Å². The van der Waals surface area contributed by atoms with Gasteiger partial charge in [-0.3, -0.25) is 9.59 Å². The van der Waals surface area contributed by atoms with E-state index in [1.54, 1.807) is 0 Å². The van der Waals surface area contributed by atoms with Gasteiger partial charge in [-0.2, -0.15) is 0 Å². The lowest BCUT2D eigenvalue weighted by Crippen LogP contribution is -2.35. The summed E-state index contributed by atoms with van der Waals surface area (Å²) in [6.07, 6.45) is 5.54. The van der Waals surface area contributed by atoms with Crippen LogP contribution >= 0.6 is 0 Å². The number of hydrazine groups is 1. The van der Waals surface area contributed by atoms with E-state index in [0.29, 0.717) is 6.42 Å². The third-order valence-electron chi connectivity index (χ3n) is 6.67. The highest BCUT2D eigenvalue weighted by molar-refractivity contribution is 6.04. The predicted octanol–water partition coefficient (Wildman–Crippen LogP) is 4.69. The van der Waals surface area contributed by atoms with Crippen LogP contribution in [0.3, 0.4) is 0 Å². The van der Waals surface area contributed by atoms with Gasteiger partial charge in [0, 0.05) is 37.3 Å². The molecular formula is C30H46N6O3. The molecule has 0 radical (unpaired) electrons. The highest BCUT2D eigenvalue weighted by Crippen LogP contribution is 2.31. The number of carboxylic acid groups (broad SMARTS) is 1. The minimum Gasteiger partial charge on any atom is -0.480 e. The van der Waals surface area contributed by atoms with Gasteiger partial charge in [-0.25, -0.2) is 11.4 Å². The van der Waals surface area contributed by atoms with Crippen LogP contribution in [-0.2, 0) is 16.1 Å². The van der Waals surface area contributed by atoms with Gasteiger partial charge in [-0.15, -0.1) is 5.10 Å². The second-order valence-corrected chi connectivity index (χ2v) is 10.2. The summed E-state index contributed by atoms with van der Waals surface area (Å²) >= 11 is 0. The highest BCUT2D eigenvalue weighted by atomic mass is 16.4. The molecule has 1 saturated heterocycles. The van der Waals surface area contributed by atoms with Gasteiger partial charge in [0.05, 0.1) is 0 Å². The monoisotopic (exact) mass is 538 g/mol. The first kappa shape index (κ1) is 31.6. The topological polar surface area (TPSA) is 137 Å². The molecule has 0 bridgehead atoms. The maximum absolute atomic E-state index is 12.5. The Morgan fingerprint density at radius 2 is 1.74 bits per heavy atom. The molecule has 39 heavy (non-hydrogen) atoms. The molecule has 2 aromatic carbocycles. The Hall–Kier alpha value is -3.59. The molecule has 3 rings (SSSR count). The van der Waals surface area contributed by atoms with Crippen molar-refractivity contribution in [3.8, 4) is 11.1 Å². The molecule has 1 aliphatic heterocycles. The summed E-state index contributed by atoms with van der Waals surface area (Å²) in [6.45, 7) is 10.5. The van der Waals surface area contributed by atoms with Crippen molar-refractivity contribution < 1.29 is 14.7 Å². The van der Waals surface area contributed by atoms with Gasteiger partial charge >= 0.3 is 5.97 Å². The van der Waals surface area contributed by atoms with E-state index in [1.807, 2.05) is 37.3 Å². The van der Waals surface area contributed by atoms with Crippen LogP contribution in [0.2, 0.25) is 0 Å². The minimum atomic E-state index is -1.02. The Kier molecular flexibility index (Phi) is 13.3. The van der Waals surface area contributed by atoms with Gasteiger partial charge in [-0.05, 0) is 60.1 Å². The molecule has 214 valence electrons. The third kappa shape index (κ3) is 9.90. The largest absolute Gasteiger partial charge is 0.480 e. The number of nitrogens with one attached hydrogen (secondary N) is 1. The predicted molar refractivity (Wildman–Crippen MR) is 159 cm³/mol. The summed E-state index contributed by atoms with van der Waals surface area (Å²) in [5, 5.41) is 13.2. The summed E-state index contributed by atoms with van der Waals surface area (Å²) in [5.41, 5.74) is 13.1. The zero-order valence-corrected chi connectivity index (χ0v) is 23.9. The average Bonchev–Trinajstić information content (AvgIpc) is 2.92. The van der Waals surface area contributed by atoms with Crippen molar-refractivity contribution in [2.45, 2.75) is 72.8 Å². The minimum absolute atomic E-state index is 0.146. The van der Waals surface area contributed by atoms with E-state index in [1.165, 1.54) is 11.3 Å². The van der Waals surface area contributed by atoms with Crippen LogP contribution in [0.15, 0.2) is 47.6 Å². The van der Waals surface area contributed by atoms with E-state index in [2.05, 4.69) is 48.4 Å². The van der Waals surface area contributed by atoms with Crippen LogP contribution in [0.5, 0.6) is 0 Å². The van der Waals surface area contributed by atoms with Crippen LogP contribution in [0.1, 0.15) is 77.3 Å². The maximum atomic E-state index is 12.5. The van der Waals surface area contributed by atoms with Crippen molar-refractivity contribution in [3.63, 3.8) is 0 Å². The number of hydrogen-bond donors (Lipinski definition) is 4. The number of hydrazone groups is 1. The number of piperidine rings is 1. The Labute approximate surface area is 233 Å². The molecular weight excluding hydrogens is 492 g/mol. The summed E-state index contributed by atoms with van der Waals surface area (Å²) in [4.78, 5) is 27.6. The van der Waals surface area contributed by atoms with Crippen LogP contribution in [0, 0.1) is 5.92 Å². The fourth-order valence-electron chi connectivity index (χ4n) is 4.48. The molecule has 0 atom stereocenters. The number of nitrogens with zero attached hydrogens (tertiary/aromatic N) is 3. The summed E-state index contributed by atoms with van der Waals surface area (Å²) in [5.74, 6) is 5.22. The lowest BCUT2D eigenvalue weighted by atomic mass is 9.95. The first-order valence-corrected chi connectivity index (χ1v) is 14.0. The molecule has 9 nitrogen and oxygen atoms in total. The van der Waals surface area contributed by atoms with Crippen molar-refractivity contribution in [3.05, 3.63) is 53.6 Å². The normalized spacial score (nSPS) is 13.9. The molecule has 6 N–H and O–H groups in total. The maximum Gasteiger partial charge on any atom is 0.323 e. The fourth-order valence-corrected chi connectivity index (χ4v) is 4.48. The highest BCUT2D eigenvalue weighted by Gasteiger charge is 2.19. The van der Waals surface area contributed by atoms with E-state index in [4.69, 9.17) is 11.6 Å². The molecule has 9 heteroatoms. The number of benzene rings is 2. The number of amides is 1. The van der Waals surface area contributed by atoms with E-state index in [0.717, 1.165) is 72.6 Å². The van der Waals surface area contributed by atoms with Gasteiger partial charge < -0.3 is 20.6 Å². The van der Waals surface area contributed by atoms with E-state index >= 15 is 0 Å². The third-order valence-corrected chi connectivity index (χ3v) is 6.67. The number of hydrogen-bond acceptors (Lipinski definition) is 6. The fraction of sp³-hybridized carbons (Fsp3) is 0.500. The van der Waals surface area contributed by atoms with E-state index in [-0.39, 0.29) is 24.8 Å². The molecule has 0 aromatic heterocycles. The summed E-state index contributed by atoms with van der Waals surface area (Å²) < 4.78 is 0. The standard InChI is InChI=1S/C27H38N6O3.C3H8/c1-3-4-5-25(34)33(18-26(35)36)17-20-6-8-21(9-7-20)24-16-22(32-14-12-19(2)13-15-32)10-11-23(24)27(28)30-31-29;1-3-2/h6-11,16,19,31H,3-5,12-15,17-18,29H2,1-2H3,(H2,28,30)(H,35,36);3H2,1-2H3. The number of carbonyl (C=O) groups is 2. The first-order valence-electron chi connectivity index (χ1n) is 14.0. The second kappa shape index (κ2) is 16.4. The van der Waals surface area contributed by atoms with Crippen LogP contribution < -0.4 is 22.0 Å². The summed E-state index contributed by atoms with van der Waals surface area (Å²) in [6, 6.07) is 13.9. The van der Waals surface area contributed by atoms with Crippen LogP contribution in [0.4, 0.5) is 5.69 Å². The molecule has 1 heterocycles. The van der Waals surface area contributed by atoms with Crippen molar-refractivity contribution in [1.29, 1.82) is 0 Å². The summed E-state index contributed by atoms with van der Waals surface area (Å²) in [7, 11) is 0. The molecule has 0 unspecified atom stereocenters. The Balaban J connectivity index is 0.00000170. The van der Waals surface area contributed by atoms with Crippen LogP contribution in [-0.4, -0.2) is 47.4 Å².